The van der Waals surface area contributed by atoms with Crippen LogP contribution >= 0.6 is 11.8 Å². The molecule has 156 valence electrons. The van der Waals surface area contributed by atoms with Crippen LogP contribution in [-0.2, 0) is 21.0 Å². The number of hydrogen-bond donors (Lipinski definition) is 1. The number of rotatable bonds is 6. The molecule has 1 fully saturated rings. The van der Waals surface area contributed by atoms with Gasteiger partial charge >= 0.3 is 6.18 Å². The normalized spacial score (nSPS) is 15.4. The van der Waals surface area contributed by atoms with Crippen molar-refractivity contribution in [3.8, 4) is 0 Å². The van der Waals surface area contributed by atoms with Crippen molar-refractivity contribution in [2.24, 2.45) is 0 Å². The molecule has 3 rings (SSSR count). The quantitative estimate of drug-likeness (QED) is 0.678. The number of benzene rings is 2. The summed E-state index contributed by atoms with van der Waals surface area (Å²) in [5, 5.41) is 2.44. The van der Waals surface area contributed by atoms with E-state index in [-0.39, 0.29) is 16.3 Å². The first-order chi connectivity index (χ1) is 13.7. The molecule has 0 spiro atoms. The summed E-state index contributed by atoms with van der Waals surface area (Å²) in [7, 11) is -3.49. The molecule has 1 N–H and O–H groups in total. The second-order valence-electron chi connectivity index (χ2n) is 6.50. The molecule has 1 aliphatic rings. The second kappa shape index (κ2) is 8.76. The van der Waals surface area contributed by atoms with Gasteiger partial charge in [0.05, 0.1) is 16.2 Å². The molecule has 5 nitrogen and oxygen atoms in total. The molecule has 10 heteroatoms. The Hall–Kier alpha value is -2.04. The molecule has 0 aliphatic carbocycles. The molecule has 0 saturated carbocycles. The Labute approximate surface area is 171 Å². The smallest absolute Gasteiger partial charge is 0.325 e. The molecule has 2 aromatic carbocycles. The van der Waals surface area contributed by atoms with Crippen LogP contribution < -0.4 is 5.32 Å². The van der Waals surface area contributed by atoms with Gasteiger partial charge in [0, 0.05) is 23.7 Å². The Kier molecular flexibility index (Phi) is 6.55. The molecular formula is C19H19F3N2O3S2. The average Bonchev–Trinajstić information content (AvgIpc) is 3.22. The molecule has 0 bridgehead atoms. The topological polar surface area (TPSA) is 66.5 Å². The van der Waals surface area contributed by atoms with Crippen molar-refractivity contribution < 1.29 is 26.4 Å². The van der Waals surface area contributed by atoms with Crippen LogP contribution in [0, 0.1) is 0 Å². The fourth-order valence-corrected chi connectivity index (χ4v) is 5.12. The number of carbonyl (C=O) groups excluding carboxylic acids is 1. The lowest BCUT2D eigenvalue weighted by Crippen LogP contribution is -2.27. The number of nitrogens with zero attached hydrogens (tertiary/aromatic N) is 1. The largest absolute Gasteiger partial charge is 0.416 e. The highest BCUT2D eigenvalue weighted by Gasteiger charge is 2.30. The molecule has 0 unspecified atom stereocenters. The highest BCUT2D eigenvalue weighted by molar-refractivity contribution is 8.00. The first kappa shape index (κ1) is 21.7. The van der Waals surface area contributed by atoms with E-state index in [1.54, 1.807) is 12.1 Å². The molecule has 1 amide bonds. The maximum atomic E-state index is 12.7. The van der Waals surface area contributed by atoms with E-state index in [2.05, 4.69) is 5.32 Å². The van der Waals surface area contributed by atoms with Gasteiger partial charge in [0.1, 0.15) is 0 Å². The van der Waals surface area contributed by atoms with E-state index < -0.39 is 27.7 Å². The molecular weight excluding hydrogens is 425 g/mol. The SMILES string of the molecule is O=C(CSc1ccc(S(=O)(=O)N2CCCC2)cc1)Nc1cccc(C(F)(F)F)c1. The van der Waals surface area contributed by atoms with Gasteiger partial charge in [0.2, 0.25) is 15.9 Å². The third-order valence-corrected chi connectivity index (χ3v) is 7.30. The second-order valence-corrected chi connectivity index (χ2v) is 9.48. The fourth-order valence-electron chi connectivity index (χ4n) is 2.90. The lowest BCUT2D eigenvalue weighted by atomic mass is 10.2. The van der Waals surface area contributed by atoms with Crippen molar-refractivity contribution in [2.45, 2.75) is 28.8 Å². The van der Waals surface area contributed by atoms with Crippen molar-refractivity contribution in [3.05, 3.63) is 54.1 Å². The third kappa shape index (κ3) is 5.52. The van der Waals surface area contributed by atoms with E-state index >= 15 is 0 Å². The van der Waals surface area contributed by atoms with Crippen LogP contribution in [0.3, 0.4) is 0 Å². The van der Waals surface area contributed by atoms with Gasteiger partial charge in [-0.1, -0.05) is 6.07 Å². The number of alkyl halides is 3. The molecule has 0 radical (unpaired) electrons. The van der Waals surface area contributed by atoms with Crippen LogP contribution in [0.4, 0.5) is 18.9 Å². The van der Waals surface area contributed by atoms with E-state index in [4.69, 9.17) is 0 Å². The zero-order chi connectivity index (χ0) is 21.1. The van der Waals surface area contributed by atoms with Gasteiger partial charge in [-0.2, -0.15) is 17.5 Å². The summed E-state index contributed by atoms with van der Waals surface area (Å²) in [6, 6.07) is 10.7. The molecule has 29 heavy (non-hydrogen) atoms. The summed E-state index contributed by atoms with van der Waals surface area (Å²) in [5.41, 5.74) is -0.768. The highest BCUT2D eigenvalue weighted by Crippen LogP contribution is 2.31. The van der Waals surface area contributed by atoms with Gasteiger partial charge in [-0.15, -0.1) is 11.8 Å². The van der Waals surface area contributed by atoms with Gasteiger partial charge in [-0.25, -0.2) is 8.42 Å². The number of amides is 1. The summed E-state index contributed by atoms with van der Waals surface area (Å²) in [6.45, 7) is 1.04. The Morgan fingerprint density at radius 1 is 1.07 bits per heavy atom. The standard InChI is InChI=1S/C19H19F3N2O3S2/c20-19(21,22)14-4-3-5-15(12-14)23-18(25)13-28-16-6-8-17(9-7-16)29(26,27)24-10-1-2-11-24/h3-9,12H,1-2,10-11,13H2,(H,23,25). The maximum Gasteiger partial charge on any atom is 0.416 e. The maximum absolute atomic E-state index is 12.7. The summed E-state index contributed by atoms with van der Waals surface area (Å²) in [6.07, 6.45) is -2.77. The number of nitrogens with one attached hydrogen (secondary N) is 1. The van der Waals surface area contributed by atoms with Gasteiger partial charge in [0.15, 0.2) is 0 Å². The van der Waals surface area contributed by atoms with Crippen LogP contribution in [0.2, 0.25) is 0 Å². The third-order valence-electron chi connectivity index (χ3n) is 4.37. The van der Waals surface area contributed by atoms with Crippen molar-refractivity contribution >= 4 is 33.4 Å². The number of anilines is 1. The summed E-state index contributed by atoms with van der Waals surface area (Å²) >= 11 is 1.17. The Bertz CT molecular complexity index is 971. The van der Waals surface area contributed by atoms with Gasteiger partial charge < -0.3 is 5.32 Å². The molecule has 1 aliphatic heterocycles. The average molecular weight is 444 g/mol. The number of halogens is 3. The van der Waals surface area contributed by atoms with E-state index in [1.807, 2.05) is 0 Å². The molecule has 0 atom stereocenters. The molecule has 1 saturated heterocycles. The van der Waals surface area contributed by atoms with E-state index in [9.17, 15) is 26.4 Å². The highest BCUT2D eigenvalue weighted by atomic mass is 32.2. The minimum atomic E-state index is -4.48. The van der Waals surface area contributed by atoms with Gasteiger partial charge in [-0.05, 0) is 55.3 Å². The fraction of sp³-hybridized carbons (Fsp3) is 0.316. The van der Waals surface area contributed by atoms with Crippen LogP contribution in [0.25, 0.3) is 0 Å². The van der Waals surface area contributed by atoms with Crippen LogP contribution in [0.1, 0.15) is 18.4 Å². The van der Waals surface area contributed by atoms with E-state index in [0.717, 1.165) is 25.0 Å². The minimum absolute atomic E-state index is 0.0194. The Balaban J connectivity index is 1.57. The Morgan fingerprint density at radius 2 is 1.72 bits per heavy atom. The van der Waals surface area contributed by atoms with Crippen LogP contribution in [0.5, 0.6) is 0 Å². The first-order valence-electron chi connectivity index (χ1n) is 8.86. The van der Waals surface area contributed by atoms with Crippen LogP contribution in [0.15, 0.2) is 58.3 Å². The van der Waals surface area contributed by atoms with E-state index in [1.165, 1.54) is 40.3 Å². The zero-order valence-corrected chi connectivity index (χ0v) is 16.9. The lowest BCUT2D eigenvalue weighted by Gasteiger charge is -2.15. The van der Waals surface area contributed by atoms with Crippen LogP contribution in [-0.4, -0.2) is 37.5 Å². The van der Waals surface area contributed by atoms with Crippen molar-refractivity contribution in [1.82, 2.24) is 4.31 Å². The van der Waals surface area contributed by atoms with Gasteiger partial charge in [0.25, 0.3) is 0 Å². The van der Waals surface area contributed by atoms with Crippen molar-refractivity contribution in [1.29, 1.82) is 0 Å². The molecule has 1 heterocycles. The molecule has 2 aromatic rings. The predicted molar refractivity (Wildman–Crippen MR) is 105 cm³/mol. The zero-order valence-electron chi connectivity index (χ0n) is 15.3. The first-order valence-corrected chi connectivity index (χ1v) is 11.3. The monoisotopic (exact) mass is 444 g/mol. The lowest BCUT2D eigenvalue weighted by molar-refractivity contribution is -0.137. The summed E-state index contributed by atoms with van der Waals surface area (Å²) < 4.78 is 64.6. The predicted octanol–water partition coefficient (Wildman–Crippen LogP) is 4.22. The van der Waals surface area contributed by atoms with Crippen molar-refractivity contribution in [3.63, 3.8) is 0 Å². The van der Waals surface area contributed by atoms with Gasteiger partial charge in [-0.3, -0.25) is 4.79 Å². The number of hydrogen-bond acceptors (Lipinski definition) is 4. The summed E-state index contributed by atoms with van der Waals surface area (Å²) in [5.74, 6) is -0.475. The molecule has 0 aromatic heterocycles. The van der Waals surface area contributed by atoms with E-state index in [0.29, 0.717) is 18.0 Å². The number of carbonyl (C=O) groups is 1. The van der Waals surface area contributed by atoms with Crippen molar-refractivity contribution in [2.75, 3.05) is 24.2 Å². The Morgan fingerprint density at radius 3 is 2.34 bits per heavy atom. The minimum Gasteiger partial charge on any atom is -0.325 e. The number of thioether (sulfide) groups is 1. The summed E-state index contributed by atoms with van der Waals surface area (Å²) in [4.78, 5) is 12.9. The number of sulfonamides is 1.